The van der Waals surface area contributed by atoms with Gasteiger partial charge < -0.3 is 14.6 Å². The molecular weight excluding hydrogens is 351 g/mol. The maximum atomic E-state index is 12.7. The van der Waals surface area contributed by atoms with Crippen LogP contribution in [0.15, 0.2) is 36.9 Å². The number of ether oxygens (including phenoxy) is 2. The summed E-state index contributed by atoms with van der Waals surface area (Å²) in [5.41, 5.74) is -0.622. The van der Waals surface area contributed by atoms with E-state index in [2.05, 4.69) is 10.1 Å². The van der Waals surface area contributed by atoms with E-state index in [0.717, 1.165) is 12.1 Å². The van der Waals surface area contributed by atoms with Gasteiger partial charge >= 0.3 is 6.18 Å². The highest BCUT2D eigenvalue weighted by atomic mass is 19.4. The van der Waals surface area contributed by atoms with Crippen molar-refractivity contribution in [3.05, 3.63) is 48.0 Å². The number of aromatic nitrogens is 3. The second kappa shape index (κ2) is 7.18. The Morgan fingerprint density at radius 2 is 1.92 bits per heavy atom. The third kappa shape index (κ3) is 3.95. The van der Waals surface area contributed by atoms with Crippen LogP contribution in [-0.4, -0.2) is 46.0 Å². The van der Waals surface area contributed by atoms with Gasteiger partial charge in [0.2, 0.25) is 0 Å². The van der Waals surface area contributed by atoms with Gasteiger partial charge in [-0.3, -0.25) is 0 Å². The van der Waals surface area contributed by atoms with E-state index in [1.54, 1.807) is 13.0 Å². The summed E-state index contributed by atoms with van der Waals surface area (Å²) in [6.07, 6.45) is -1.15. The Morgan fingerprint density at radius 1 is 1.27 bits per heavy atom. The topological polar surface area (TPSA) is 69.4 Å². The van der Waals surface area contributed by atoms with Crippen LogP contribution in [0, 0.1) is 5.41 Å². The first-order valence-electron chi connectivity index (χ1n) is 7.87. The van der Waals surface area contributed by atoms with Gasteiger partial charge in [-0.25, -0.2) is 9.67 Å². The second-order valence-corrected chi connectivity index (χ2v) is 6.40. The number of nitrogens with zero attached hydrogens (tertiary/aromatic N) is 3. The summed E-state index contributed by atoms with van der Waals surface area (Å²) in [4.78, 5) is 3.87. The lowest BCUT2D eigenvalue weighted by atomic mass is 9.83. The lowest BCUT2D eigenvalue weighted by Gasteiger charge is -2.37. The second-order valence-electron chi connectivity index (χ2n) is 6.40. The molecule has 0 saturated carbocycles. The monoisotopic (exact) mass is 369 g/mol. The molecule has 0 spiro atoms. The minimum atomic E-state index is -4.40. The predicted molar refractivity (Wildman–Crippen MR) is 86.5 cm³/mol. The molecule has 1 N–H and O–H groups in total. The van der Waals surface area contributed by atoms with E-state index in [9.17, 15) is 18.3 Å². The summed E-state index contributed by atoms with van der Waals surface area (Å²) in [5, 5.41) is 14.9. The molecule has 1 aromatic carbocycles. The van der Waals surface area contributed by atoms with Crippen LogP contribution in [0.4, 0.5) is 13.2 Å². The van der Waals surface area contributed by atoms with Gasteiger partial charge in [-0.1, -0.05) is 19.1 Å². The average Bonchev–Trinajstić information content (AvgIpc) is 3.14. The number of aliphatic hydroxyl groups excluding tert-OH is 1. The quantitative estimate of drug-likeness (QED) is 0.897. The van der Waals surface area contributed by atoms with Crippen LogP contribution in [-0.2, 0) is 15.7 Å². The highest BCUT2D eigenvalue weighted by Crippen LogP contribution is 2.33. The fourth-order valence-electron chi connectivity index (χ4n) is 2.72. The van der Waals surface area contributed by atoms with Gasteiger partial charge in [0.25, 0.3) is 0 Å². The zero-order chi connectivity index (χ0) is 18.8. The molecule has 1 aromatic heterocycles. The molecule has 3 rings (SSSR count). The third-order valence-corrected chi connectivity index (χ3v) is 4.21. The number of benzene rings is 1. The van der Waals surface area contributed by atoms with Gasteiger partial charge in [0.15, 0.2) is 0 Å². The number of rotatable bonds is 4. The fourth-order valence-corrected chi connectivity index (χ4v) is 2.72. The van der Waals surface area contributed by atoms with E-state index in [1.807, 2.05) is 0 Å². The zero-order valence-corrected chi connectivity index (χ0v) is 14.0. The van der Waals surface area contributed by atoms with Crippen molar-refractivity contribution < 1.29 is 27.8 Å². The molecule has 6 nitrogen and oxygen atoms in total. The van der Waals surface area contributed by atoms with E-state index in [1.165, 1.54) is 29.5 Å². The van der Waals surface area contributed by atoms with Gasteiger partial charge in [0, 0.05) is 5.41 Å². The minimum Gasteiger partial charge on any atom is -0.386 e. The molecule has 140 valence electrons. The molecule has 2 heterocycles. The zero-order valence-electron chi connectivity index (χ0n) is 14.0. The summed E-state index contributed by atoms with van der Waals surface area (Å²) in [7, 11) is 0. The van der Waals surface area contributed by atoms with E-state index < -0.39 is 23.3 Å². The van der Waals surface area contributed by atoms with Gasteiger partial charge in [-0.15, -0.1) is 0 Å². The number of hydrogen-bond acceptors (Lipinski definition) is 5. The summed E-state index contributed by atoms with van der Waals surface area (Å²) >= 11 is 0. The molecule has 0 radical (unpaired) electrons. The van der Waals surface area contributed by atoms with Crippen LogP contribution >= 0.6 is 0 Å². The number of aliphatic hydroxyl groups is 1. The Hall–Kier alpha value is -2.23. The van der Waals surface area contributed by atoms with Crippen molar-refractivity contribution in [2.45, 2.75) is 19.2 Å². The SMILES string of the molecule is CC1(C(O)C(=Cc2ccc(C(F)(F)F)cc2)n2cncn2)COCOC1. The van der Waals surface area contributed by atoms with Gasteiger partial charge in [0.05, 0.1) is 24.5 Å². The first-order chi connectivity index (χ1) is 12.3. The summed E-state index contributed by atoms with van der Waals surface area (Å²) < 4.78 is 50.1. The Morgan fingerprint density at radius 3 is 2.46 bits per heavy atom. The van der Waals surface area contributed by atoms with E-state index in [-0.39, 0.29) is 20.0 Å². The highest BCUT2D eigenvalue weighted by molar-refractivity contribution is 5.73. The molecule has 0 bridgehead atoms. The summed E-state index contributed by atoms with van der Waals surface area (Å²) in [6.45, 7) is 2.50. The van der Waals surface area contributed by atoms with Crippen molar-refractivity contribution in [2.24, 2.45) is 5.41 Å². The Balaban J connectivity index is 1.95. The molecule has 1 atom stereocenters. The molecule has 0 aliphatic carbocycles. The number of hydrogen-bond donors (Lipinski definition) is 1. The minimum absolute atomic E-state index is 0.156. The smallest absolute Gasteiger partial charge is 0.386 e. The first kappa shape index (κ1) is 18.6. The maximum Gasteiger partial charge on any atom is 0.416 e. The molecule has 9 heteroatoms. The standard InChI is InChI=1S/C17H18F3N3O3/c1-16(7-25-11-26-8-16)15(24)14(23-10-21-9-22-23)6-12-2-4-13(5-3-12)17(18,19)20/h2-6,9-10,15,24H,7-8,11H2,1H3. The molecule has 2 aromatic rings. The molecule has 1 unspecified atom stereocenters. The first-order valence-corrected chi connectivity index (χ1v) is 7.87. The molecule has 1 fully saturated rings. The lowest BCUT2D eigenvalue weighted by molar-refractivity contribution is -0.180. The largest absolute Gasteiger partial charge is 0.416 e. The Labute approximate surface area is 147 Å². The molecule has 1 aliphatic rings. The number of alkyl halides is 3. The van der Waals surface area contributed by atoms with E-state index >= 15 is 0 Å². The van der Waals surface area contributed by atoms with Crippen LogP contribution < -0.4 is 0 Å². The van der Waals surface area contributed by atoms with Crippen molar-refractivity contribution in [1.82, 2.24) is 14.8 Å². The Kier molecular flexibility index (Phi) is 5.12. The lowest BCUT2D eigenvalue weighted by Crippen LogP contribution is -2.45. The van der Waals surface area contributed by atoms with Crippen molar-refractivity contribution in [3.63, 3.8) is 0 Å². The van der Waals surface area contributed by atoms with Crippen LogP contribution in [0.3, 0.4) is 0 Å². The van der Waals surface area contributed by atoms with Crippen molar-refractivity contribution in [2.75, 3.05) is 20.0 Å². The third-order valence-electron chi connectivity index (χ3n) is 4.21. The van der Waals surface area contributed by atoms with E-state index in [0.29, 0.717) is 11.3 Å². The number of halogens is 3. The van der Waals surface area contributed by atoms with Crippen LogP contribution in [0.2, 0.25) is 0 Å². The Bertz CT molecular complexity index is 752. The van der Waals surface area contributed by atoms with Gasteiger partial charge in [-0.2, -0.15) is 18.3 Å². The highest BCUT2D eigenvalue weighted by Gasteiger charge is 2.39. The maximum absolute atomic E-state index is 12.7. The fraction of sp³-hybridized carbons (Fsp3) is 0.412. The van der Waals surface area contributed by atoms with Crippen molar-refractivity contribution in [3.8, 4) is 0 Å². The summed E-state index contributed by atoms with van der Waals surface area (Å²) in [6, 6.07) is 4.66. The molecular formula is C17H18F3N3O3. The van der Waals surface area contributed by atoms with Crippen molar-refractivity contribution in [1.29, 1.82) is 0 Å². The van der Waals surface area contributed by atoms with Crippen LogP contribution in [0.25, 0.3) is 11.8 Å². The van der Waals surface area contributed by atoms with Crippen LogP contribution in [0.1, 0.15) is 18.1 Å². The van der Waals surface area contributed by atoms with Gasteiger partial charge in [0.1, 0.15) is 25.6 Å². The van der Waals surface area contributed by atoms with Crippen molar-refractivity contribution >= 4 is 11.8 Å². The molecule has 1 aliphatic heterocycles. The average molecular weight is 369 g/mol. The summed E-state index contributed by atoms with van der Waals surface area (Å²) in [5.74, 6) is 0. The van der Waals surface area contributed by atoms with Crippen LogP contribution in [0.5, 0.6) is 0 Å². The van der Waals surface area contributed by atoms with Gasteiger partial charge in [-0.05, 0) is 23.8 Å². The predicted octanol–water partition coefficient (Wildman–Crippen LogP) is 2.67. The van der Waals surface area contributed by atoms with E-state index in [4.69, 9.17) is 9.47 Å². The molecule has 26 heavy (non-hydrogen) atoms. The molecule has 0 amide bonds. The molecule has 1 saturated heterocycles. The normalized spacial score (nSPS) is 19.3.